The van der Waals surface area contributed by atoms with Crippen LogP contribution in [0.25, 0.3) is 5.65 Å². The molecule has 7 heteroatoms. The average molecular weight is 266 g/mol. The molecule has 2 rings (SSSR count). The lowest BCUT2D eigenvalue weighted by atomic mass is 10.4. The highest BCUT2D eigenvalue weighted by Gasteiger charge is 2.36. The van der Waals surface area contributed by atoms with Crippen molar-refractivity contribution in [2.75, 3.05) is 0 Å². The number of hydrogen-bond donors (Lipinski definition) is 0. The summed E-state index contributed by atoms with van der Waals surface area (Å²) >= 11 is 3.09. The molecule has 0 bridgehead atoms. The molecule has 2 aromatic heterocycles. The Balaban J connectivity index is 2.76. The fourth-order valence-electron chi connectivity index (χ4n) is 1.08. The average Bonchev–Trinajstić information content (AvgIpc) is 2.47. The number of aromatic nitrogens is 3. The zero-order valence-electron chi connectivity index (χ0n) is 6.59. The molecule has 0 spiro atoms. The van der Waals surface area contributed by atoms with Crippen molar-refractivity contribution in [2.45, 2.75) is 6.18 Å². The number of hydrogen-bond acceptors (Lipinski definition) is 2. The van der Waals surface area contributed by atoms with Crippen LogP contribution in [0, 0.1) is 0 Å². The Kier molecular flexibility index (Phi) is 1.99. The Morgan fingerprint density at radius 3 is 2.64 bits per heavy atom. The first-order valence-electron chi connectivity index (χ1n) is 3.56. The Morgan fingerprint density at radius 2 is 2.00 bits per heavy atom. The van der Waals surface area contributed by atoms with E-state index in [2.05, 4.69) is 26.1 Å². The predicted molar refractivity (Wildman–Crippen MR) is 45.7 cm³/mol. The molecule has 0 unspecified atom stereocenters. The van der Waals surface area contributed by atoms with Crippen LogP contribution in [-0.2, 0) is 6.18 Å². The van der Waals surface area contributed by atoms with Crippen molar-refractivity contribution in [2.24, 2.45) is 0 Å². The Labute approximate surface area is 84.7 Å². The Bertz CT molecular complexity index is 476. The summed E-state index contributed by atoms with van der Waals surface area (Å²) in [6, 6.07) is 3.08. The normalized spacial score (nSPS) is 12.3. The summed E-state index contributed by atoms with van der Waals surface area (Å²) in [6.07, 6.45) is -3.22. The number of alkyl halides is 3. The van der Waals surface area contributed by atoms with Crippen molar-refractivity contribution < 1.29 is 13.2 Å². The molecule has 2 heterocycles. The summed E-state index contributed by atoms with van der Waals surface area (Å²) in [6.45, 7) is 0. The van der Waals surface area contributed by atoms with Gasteiger partial charge in [-0.25, -0.2) is 0 Å². The van der Waals surface area contributed by atoms with E-state index in [9.17, 15) is 13.2 Å². The second-order valence-electron chi connectivity index (χ2n) is 2.57. The maximum atomic E-state index is 12.3. The zero-order chi connectivity index (χ0) is 10.3. The lowest BCUT2D eigenvalue weighted by Crippen LogP contribution is -2.10. The predicted octanol–water partition coefficient (Wildman–Crippen LogP) is 2.51. The SMILES string of the molecule is FC(F)(F)c1nnc2c(Br)cccn12. The maximum absolute atomic E-state index is 12.3. The fraction of sp³-hybridized carbons (Fsp3) is 0.143. The van der Waals surface area contributed by atoms with Crippen LogP contribution >= 0.6 is 15.9 Å². The molecule has 3 nitrogen and oxygen atoms in total. The first-order chi connectivity index (χ1) is 6.50. The van der Waals surface area contributed by atoms with Gasteiger partial charge in [0.05, 0.1) is 4.47 Å². The Morgan fingerprint density at radius 1 is 1.29 bits per heavy atom. The van der Waals surface area contributed by atoms with Crippen molar-refractivity contribution in [3.05, 3.63) is 28.6 Å². The monoisotopic (exact) mass is 265 g/mol. The third-order valence-corrected chi connectivity index (χ3v) is 2.26. The van der Waals surface area contributed by atoms with Crippen LogP contribution in [0.3, 0.4) is 0 Å². The van der Waals surface area contributed by atoms with Crippen molar-refractivity contribution in [3.63, 3.8) is 0 Å². The molecule has 0 radical (unpaired) electrons. The summed E-state index contributed by atoms with van der Waals surface area (Å²) in [5.41, 5.74) is 0.153. The minimum Gasteiger partial charge on any atom is -0.278 e. The first-order valence-corrected chi connectivity index (χ1v) is 4.36. The largest absolute Gasteiger partial charge is 0.452 e. The highest BCUT2D eigenvalue weighted by molar-refractivity contribution is 9.10. The molecule has 0 saturated carbocycles. The summed E-state index contributed by atoms with van der Waals surface area (Å²) < 4.78 is 38.4. The minimum absolute atomic E-state index is 0.153. The highest BCUT2D eigenvalue weighted by atomic mass is 79.9. The molecule has 0 aromatic carbocycles. The zero-order valence-corrected chi connectivity index (χ0v) is 8.17. The van der Waals surface area contributed by atoms with Gasteiger partial charge in [0.1, 0.15) is 0 Å². The molecule has 0 aliphatic carbocycles. The maximum Gasteiger partial charge on any atom is 0.452 e. The smallest absolute Gasteiger partial charge is 0.278 e. The van der Waals surface area contributed by atoms with Gasteiger partial charge < -0.3 is 0 Å². The van der Waals surface area contributed by atoms with E-state index in [1.807, 2.05) is 0 Å². The van der Waals surface area contributed by atoms with Crippen molar-refractivity contribution in [3.8, 4) is 0 Å². The first kappa shape index (κ1) is 9.45. The van der Waals surface area contributed by atoms with Gasteiger partial charge >= 0.3 is 6.18 Å². The van der Waals surface area contributed by atoms with E-state index in [-0.39, 0.29) is 5.65 Å². The molecule has 0 aliphatic rings. The van der Waals surface area contributed by atoms with Crippen LogP contribution in [0.2, 0.25) is 0 Å². The van der Waals surface area contributed by atoms with E-state index in [4.69, 9.17) is 0 Å². The van der Waals surface area contributed by atoms with E-state index >= 15 is 0 Å². The molecule has 0 fully saturated rings. The standard InChI is InChI=1S/C7H3BrF3N3/c8-4-2-1-3-14-5(4)12-13-6(14)7(9,10)11/h1-3H. The van der Waals surface area contributed by atoms with Crippen LogP contribution in [0.1, 0.15) is 5.82 Å². The second-order valence-corrected chi connectivity index (χ2v) is 3.43. The number of fused-ring (bicyclic) bond motifs is 1. The fourth-order valence-corrected chi connectivity index (χ4v) is 1.50. The van der Waals surface area contributed by atoms with Gasteiger partial charge in [-0.05, 0) is 28.1 Å². The number of pyridine rings is 1. The van der Waals surface area contributed by atoms with Gasteiger partial charge in [0.25, 0.3) is 0 Å². The quantitative estimate of drug-likeness (QED) is 0.733. The molecule has 14 heavy (non-hydrogen) atoms. The summed E-state index contributed by atoms with van der Waals surface area (Å²) in [5, 5.41) is 6.52. The van der Waals surface area contributed by atoms with Crippen molar-refractivity contribution in [1.29, 1.82) is 0 Å². The summed E-state index contributed by atoms with van der Waals surface area (Å²) in [4.78, 5) is 0. The third kappa shape index (κ3) is 1.37. The molecule has 0 N–H and O–H groups in total. The van der Waals surface area contributed by atoms with Crippen LogP contribution in [0.15, 0.2) is 22.8 Å². The number of halogens is 4. The van der Waals surface area contributed by atoms with Gasteiger partial charge in [-0.2, -0.15) is 13.2 Å². The topological polar surface area (TPSA) is 30.2 Å². The molecule has 0 aliphatic heterocycles. The third-order valence-electron chi connectivity index (χ3n) is 1.64. The molecule has 74 valence electrons. The molecule has 0 amide bonds. The molecule has 0 saturated heterocycles. The van der Waals surface area contributed by atoms with E-state index < -0.39 is 12.0 Å². The van der Waals surface area contributed by atoms with E-state index in [1.54, 1.807) is 6.07 Å². The molecule has 0 atom stereocenters. The summed E-state index contributed by atoms with van der Waals surface area (Å²) in [5.74, 6) is -1.02. The lowest BCUT2D eigenvalue weighted by molar-refractivity contribution is -0.145. The van der Waals surface area contributed by atoms with Gasteiger partial charge in [-0.15, -0.1) is 10.2 Å². The summed E-state index contributed by atoms with van der Waals surface area (Å²) in [7, 11) is 0. The lowest BCUT2D eigenvalue weighted by Gasteiger charge is -2.03. The van der Waals surface area contributed by atoms with Crippen LogP contribution < -0.4 is 0 Å². The second kappa shape index (κ2) is 2.94. The minimum atomic E-state index is -4.49. The molecular weight excluding hydrogens is 263 g/mol. The van der Waals surface area contributed by atoms with E-state index in [0.717, 1.165) is 4.40 Å². The molecular formula is C7H3BrF3N3. The number of nitrogens with zero attached hydrogens (tertiary/aromatic N) is 3. The van der Waals surface area contributed by atoms with E-state index in [1.165, 1.54) is 12.3 Å². The van der Waals surface area contributed by atoms with Crippen molar-refractivity contribution in [1.82, 2.24) is 14.6 Å². The van der Waals surface area contributed by atoms with E-state index in [0.29, 0.717) is 4.47 Å². The van der Waals surface area contributed by atoms with Gasteiger partial charge in [0.2, 0.25) is 5.82 Å². The number of rotatable bonds is 0. The van der Waals surface area contributed by atoms with Crippen LogP contribution in [-0.4, -0.2) is 14.6 Å². The van der Waals surface area contributed by atoms with Gasteiger partial charge in [-0.3, -0.25) is 4.40 Å². The Hall–Kier alpha value is -1.11. The van der Waals surface area contributed by atoms with Crippen LogP contribution in [0.5, 0.6) is 0 Å². The van der Waals surface area contributed by atoms with Crippen molar-refractivity contribution >= 4 is 21.6 Å². The van der Waals surface area contributed by atoms with Gasteiger partial charge in [0, 0.05) is 6.20 Å². The van der Waals surface area contributed by atoms with Gasteiger partial charge in [0.15, 0.2) is 5.65 Å². The van der Waals surface area contributed by atoms with Crippen LogP contribution in [0.4, 0.5) is 13.2 Å². The molecule has 2 aromatic rings. The van der Waals surface area contributed by atoms with Gasteiger partial charge in [-0.1, -0.05) is 0 Å². The highest BCUT2D eigenvalue weighted by Crippen LogP contribution is 2.29.